The number of aliphatic carboxylic acids is 1. The maximum atomic E-state index is 10.7. The average Bonchev–Trinajstić information content (AvgIpc) is 2.37. The van der Waals surface area contributed by atoms with Gasteiger partial charge < -0.3 is 5.11 Å². The molecule has 0 aliphatic carbocycles. The minimum atomic E-state index is -0.873. The zero-order chi connectivity index (χ0) is 9.14. The van der Waals surface area contributed by atoms with Crippen molar-refractivity contribution in [3.8, 4) is 0 Å². The quantitative estimate of drug-likeness (QED) is 0.720. The Labute approximate surface area is 70.0 Å². The molecule has 12 heavy (non-hydrogen) atoms. The van der Waals surface area contributed by atoms with Crippen molar-refractivity contribution in [2.75, 3.05) is 0 Å². The SMILES string of the molecule is CC[C@H](C(=O)O)n1cc(C)nn1. The van der Waals surface area contributed by atoms with E-state index in [1.165, 1.54) is 4.68 Å². The molecule has 0 bridgehead atoms. The molecule has 1 heterocycles. The Hall–Kier alpha value is -1.39. The van der Waals surface area contributed by atoms with Crippen LogP contribution in [-0.2, 0) is 4.79 Å². The topological polar surface area (TPSA) is 68.0 Å². The van der Waals surface area contributed by atoms with Crippen molar-refractivity contribution in [3.63, 3.8) is 0 Å². The molecule has 66 valence electrons. The maximum absolute atomic E-state index is 10.7. The normalized spacial score (nSPS) is 12.8. The molecule has 0 fully saturated rings. The maximum Gasteiger partial charge on any atom is 0.328 e. The zero-order valence-electron chi connectivity index (χ0n) is 7.06. The fraction of sp³-hybridized carbons (Fsp3) is 0.571. The van der Waals surface area contributed by atoms with Crippen LogP contribution in [0, 0.1) is 6.92 Å². The Balaban J connectivity index is 2.87. The number of carboxylic acids is 1. The van der Waals surface area contributed by atoms with E-state index in [0.717, 1.165) is 5.69 Å². The van der Waals surface area contributed by atoms with E-state index in [0.29, 0.717) is 6.42 Å². The van der Waals surface area contributed by atoms with E-state index in [1.807, 2.05) is 0 Å². The molecule has 5 nitrogen and oxygen atoms in total. The first-order valence-corrected chi connectivity index (χ1v) is 3.76. The molecular formula is C7H11N3O2. The molecule has 0 spiro atoms. The highest BCUT2D eigenvalue weighted by molar-refractivity contribution is 5.71. The number of aromatic nitrogens is 3. The van der Waals surface area contributed by atoms with Gasteiger partial charge in [-0.3, -0.25) is 0 Å². The Bertz CT molecular complexity index is 282. The largest absolute Gasteiger partial charge is 0.480 e. The van der Waals surface area contributed by atoms with Crippen molar-refractivity contribution in [1.29, 1.82) is 0 Å². The number of carbonyl (C=O) groups is 1. The van der Waals surface area contributed by atoms with E-state index in [4.69, 9.17) is 5.11 Å². The van der Waals surface area contributed by atoms with Crippen LogP contribution in [0.5, 0.6) is 0 Å². The minimum Gasteiger partial charge on any atom is -0.480 e. The summed E-state index contributed by atoms with van der Waals surface area (Å²) in [6, 6.07) is -0.591. The second kappa shape index (κ2) is 3.34. The molecule has 0 saturated carbocycles. The Morgan fingerprint density at radius 1 is 1.83 bits per heavy atom. The monoisotopic (exact) mass is 169 g/mol. The number of carboxylic acid groups (broad SMARTS) is 1. The predicted octanol–water partition coefficient (Wildman–Crippen LogP) is 0.622. The van der Waals surface area contributed by atoms with Gasteiger partial charge in [0.05, 0.1) is 5.69 Å². The van der Waals surface area contributed by atoms with Gasteiger partial charge in [-0.15, -0.1) is 5.10 Å². The van der Waals surface area contributed by atoms with Gasteiger partial charge in [-0.1, -0.05) is 12.1 Å². The molecule has 0 radical (unpaired) electrons. The first-order valence-electron chi connectivity index (χ1n) is 3.76. The molecule has 1 atom stereocenters. The number of rotatable bonds is 3. The molecule has 0 aromatic carbocycles. The van der Waals surface area contributed by atoms with Gasteiger partial charge in [-0.05, 0) is 13.3 Å². The van der Waals surface area contributed by atoms with Crippen molar-refractivity contribution in [2.45, 2.75) is 26.3 Å². The van der Waals surface area contributed by atoms with Gasteiger partial charge in [-0.25, -0.2) is 9.48 Å². The standard InChI is InChI=1S/C7H11N3O2/c1-3-6(7(11)12)10-4-5(2)8-9-10/h4,6H,3H2,1-2H3,(H,11,12)/t6-/m1/s1. The van der Waals surface area contributed by atoms with Gasteiger partial charge in [0.15, 0.2) is 6.04 Å². The van der Waals surface area contributed by atoms with Crippen LogP contribution >= 0.6 is 0 Å². The van der Waals surface area contributed by atoms with Crippen molar-refractivity contribution < 1.29 is 9.90 Å². The zero-order valence-corrected chi connectivity index (χ0v) is 7.06. The van der Waals surface area contributed by atoms with Crippen molar-refractivity contribution in [2.24, 2.45) is 0 Å². The van der Waals surface area contributed by atoms with E-state index in [2.05, 4.69) is 10.3 Å². The lowest BCUT2D eigenvalue weighted by atomic mass is 10.2. The first kappa shape index (κ1) is 8.70. The summed E-state index contributed by atoms with van der Waals surface area (Å²) in [6.45, 7) is 3.58. The first-order chi connectivity index (χ1) is 5.65. The summed E-state index contributed by atoms with van der Waals surface area (Å²) in [5.41, 5.74) is 0.731. The molecule has 0 amide bonds. The fourth-order valence-corrected chi connectivity index (χ4v) is 0.992. The molecule has 0 aliphatic heterocycles. The third-order valence-corrected chi connectivity index (χ3v) is 1.62. The summed E-state index contributed by atoms with van der Waals surface area (Å²) in [4.78, 5) is 10.7. The average molecular weight is 169 g/mol. The Morgan fingerprint density at radius 3 is 2.83 bits per heavy atom. The Kier molecular flexibility index (Phi) is 2.42. The molecular weight excluding hydrogens is 158 g/mol. The number of hydrogen-bond acceptors (Lipinski definition) is 3. The summed E-state index contributed by atoms with van der Waals surface area (Å²) < 4.78 is 1.37. The minimum absolute atomic E-state index is 0.512. The Morgan fingerprint density at radius 2 is 2.50 bits per heavy atom. The van der Waals surface area contributed by atoms with Crippen molar-refractivity contribution in [1.82, 2.24) is 15.0 Å². The van der Waals surface area contributed by atoms with E-state index in [-0.39, 0.29) is 0 Å². The van der Waals surface area contributed by atoms with Crippen molar-refractivity contribution >= 4 is 5.97 Å². The molecule has 0 unspecified atom stereocenters. The highest BCUT2D eigenvalue weighted by Gasteiger charge is 2.17. The highest BCUT2D eigenvalue weighted by atomic mass is 16.4. The lowest BCUT2D eigenvalue weighted by Crippen LogP contribution is -2.18. The van der Waals surface area contributed by atoms with E-state index < -0.39 is 12.0 Å². The smallest absolute Gasteiger partial charge is 0.328 e. The second-order valence-electron chi connectivity index (χ2n) is 2.60. The van der Waals surface area contributed by atoms with Crippen LogP contribution in [0.3, 0.4) is 0 Å². The van der Waals surface area contributed by atoms with Crippen LogP contribution in [-0.4, -0.2) is 26.1 Å². The van der Waals surface area contributed by atoms with Crippen LogP contribution in [0.2, 0.25) is 0 Å². The molecule has 0 saturated heterocycles. The third kappa shape index (κ3) is 1.61. The van der Waals surface area contributed by atoms with Gasteiger partial charge in [0, 0.05) is 6.20 Å². The van der Waals surface area contributed by atoms with Gasteiger partial charge in [0.1, 0.15) is 0 Å². The lowest BCUT2D eigenvalue weighted by molar-refractivity contribution is -0.141. The van der Waals surface area contributed by atoms with Gasteiger partial charge in [0.2, 0.25) is 0 Å². The van der Waals surface area contributed by atoms with Gasteiger partial charge in [0.25, 0.3) is 0 Å². The molecule has 5 heteroatoms. The van der Waals surface area contributed by atoms with Crippen LogP contribution < -0.4 is 0 Å². The molecule has 1 rings (SSSR count). The summed E-state index contributed by atoms with van der Waals surface area (Å²) in [5.74, 6) is -0.873. The molecule has 1 N–H and O–H groups in total. The summed E-state index contributed by atoms with van der Waals surface area (Å²) in [5, 5.41) is 16.2. The van der Waals surface area contributed by atoms with Gasteiger partial charge >= 0.3 is 5.97 Å². The van der Waals surface area contributed by atoms with E-state index >= 15 is 0 Å². The summed E-state index contributed by atoms with van der Waals surface area (Å²) in [7, 11) is 0. The molecule has 0 aliphatic rings. The molecule has 1 aromatic heterocycles. The van der Waals surface area contributed by atoms with Gasteiger partial charge in [-0.2, -0.15) is 0 Å². The summed E-state index contributed by atoms with van der Waals surface area (Å²) in [6.07, 6.45) is 2.14. The number of hydrogen-bond donors (Lipinski definition) is 1. The highest BCUT2D eigenvalue weighted by Crippen LogP contribution is 2.09. The van der Waals surface area contributed by atoms with Crippen LogP contribution in [0.1, 0.15) is 25.1 Å². The predicted molar refractivity (Wildman–Crippen MR) is 41.7 cm³/mol. The second-order valence-corrected chi connectivity index (χ2v) is 2.60. The van der Waals surface area contributed by atoms with E-state index in [1.54, 1.807) is 20.0 Å². The lowest BCUT2D eigenvalue weighted by Gasteiger charge is -2.07. The van der Waals surface area contributed by atoms with Crippen LogP contribution in [0.4, 0.5) is 0 Å². The number of aryl methyl sites for hydroxylation is 1. The van der Waals surface area contributed by atoms with Crippen LogP contribution in [0.25, 0.3) is 0 Å². The fourth-order valence-electron chi connectivity index (χ4n) is 0.992. The molecule has 1 aromatic rings. The third-order valence-electron chi connectivity index (χ3n) is 1.62. The van der Waals surface area contributed by atoms with Crippen LogP contribution in [0.15, 0.2) is 6.20 Å². The van der Waals surface area contributed by atoms with E-state index in [9.17, 15) is 4.79 Å². The summed E-state index contributed by atoms with van der Waals surface area (Å²) >= 11 is 0. The number of nitrogens with zero attached hydrogens (tertiary/aromatic N) is 3. The van der Waals surface area contributed by atoms with Crippen molar-refractivity contribution in [3.05, 3.63) is 11.9 Å².